The molecule has 0 radical (unpaired) electrons. The van der Waals surface area contributed by atoms with Gasteiger partial charge in [-0.3, -0.25) is 9.59 Å². The van der Waals surface area contributed by atoms with Gasteiger partial charge in [-0.1, -0.05) is 24.3 Å². The van der Waals surface area contributed by atoms with Crippen LogP contribution in [0.1, 0.15) is 36.7 Å². The molecule has 1 heterocycles. The van der Waals surface area contributed by atoms with E-state index in [2.05, 4.69) is 40.7 Å². The molecule has 6 nitrogen and oxygen atoms in total. The van der Waals surface area contributed by atoms with Crippen molar-refractivity contribution in [3.8, 4) is 0 Å². The Morgan fingerprint density at radius 2 is 1.83 bits per heavy atom. The summed E-state index contributed by atoms with van der Waals surface area (Å²) in [5.74, 6) is -0.661. The number of rotatable bonds is 8. The standard InChI is InChI=1S/C23H26N4O2S/c1-4-27(5-2)18-10-8-9-17(13-18)23(29)24-14-22(28)26-25-16(3)20-15-30-21-12-7-6-11-19(20)21/h6-13,15H,4-5,14H2,1-3H3,(H,24,29)(H,26,28). The summed E-state index contributed by atoms with van der Waals surface area (Å²) in [6, 6.07) is 15.5. The van der Waals surface area contributed by atoms with Gasteiger partial charge in [0.25, 0.3) is 11.8 Å². The van der Waals surface area contributed by atoms with E-state index in [9.17, 15) is 9.59 Å². The molecule has 0 atom stereocenters. The zero-order chi connectivity index (χ0) is 21.5. The Bertz CT molecular complexity index is 1070. The number of carbonyl (C=O) groups is 2. The quantitative estimate of drug-likeness (QED) is 0.425. The third-order valence-electron chi connectivity index (χ3n) is 4.87. The van der Waals surface area contributed by atoms with E-state index in [1.807, 2.05) is 48.7 Å². The number of anilines is 1. The summed E-state index contributed by atoms with van der Waals surface area (Å²) < 4.78 is 1.17. The molecule has 3 rings (SSSR count). The van der Waals surface area contributed by atoms with Gasteiger partial charge < -0.3 is 10.2 Å². The average Bonchev–Trinajstić information content (AvgIpc) is 3.21. The molecule has 1 aromatic heterocycles. The van der Waals surface area contributed by atoms with Gasteiger partial charge in [0, 0.05) is 45.4 Å². The van der Waals surface area contributed by atoms with Crippen LogP contribution in [0.15, 0.2) is 59.0 Å². The van der Waals surface area contributed by atoms with Crippen LogP contribution < -0.4 is 15.6 Å². The molecule has 0 saturated carbocycles. The molecule has 0 aliphatic heterocycles. The minimum atomic E-state index is -0.373. The summed E-state index contributed by atoms with van der Waals surface area (Å²) in [7, 11) is 0. The highest BCUT2D eigenvalue weighted by Crippen LogP contribution is 2.26. The van der Waals surface area contributed by atoms with Gasteiger partial charge >= 0.3 is 0 Å². The van der Waals surface area contributed by atoms with Crippen molar-refractivity contribution in [3.63, 3.8) is 0 Å². The van der Waals surface area contributed by atoms with Gasteiger partial charge in [-0.15, -0.1) is 11.3 Å². The lowest BCUT2D eigenvalue weighted by Gasteiger charge is -2.21. The Kier molecular flexibility index (Phi) is 7.19. The molecule has 2 N–H and O–H groups in total. The second-order valence-corrected chi connectivity index (χ2v) is 7.69. The first-order valence-electron chi connectivity index (χ1n) is 9.96. The molecule has 0 spiro atoms. The third-order valence-corrected chi connectivity index (χ3v) is 5.83. The molecular weight excluding hydrogens is 396 g/mol. The largest absolute Gasteiger partial charge is 0.372 e. The van der Waals surface area contributed by atoms with Crippen molar-refractivity contribution in [1.29, 1.82) is 0 Å². The number of nitrogens with one attached hydrogen (secondary N) is 2. The number of hydrogen-bond donors (Lipinski definition) is 2. The van der Waals surface area contributed by atoms with Crippen molar-refractivity contribution in [2.24, 2.45) is 5.10 Å². The van der Waals surface area contributed by atoms with Crippen LogP contribution in [0.3, 0.4) is 0 Å². The fourth-order valence-corrected chi connectivity index (χ4v) is 4.20. The van der Waals surface area contributed by atoms with Crippen LogP contribution >= 0.6 is 11.3 Å². The van der Waals surface area contributed by atoms with Crippen LogP contribution in [0.4, 0.5) is 5.69 Å². The van der Waals surface area contributed by atoms with E-state index in [1.54, 1.807) is 17.4 Å². The number of fused-ring (bicyclic) bond motifs is 1. The first-order valence-corrected chi connectivity index (χ1v) is 10.8. The maximum absolute atomic E-state index is 12.4. The van der Waals surface area contributed by atoms with E-state index in [0.29, 0.717) is 5.56 Å². The predicted octanol–water partition coefficient (Wildman–Crippen LogP) is 4.02. The lowest BCUT2D eigenvalue weighted by molar-refractivity contribution is -0.120. The minimum absolute atomic E-state index is 0.143. The highest BCUT2D eigenvalue weighted by molar-refractivity contribution is 7.17. The highest BCUT2D eigenvalue weighted by Gasteiger charge is 2.11. The highest BCUT2D eigenvalue weighted by atomic mass is 32.1. The molecule has 3 aromatic rings. The third kappa shape index (κ3) is 5.04. The van der Waals surface area contributed by atoms with Crippen molar-refractivity contribution in [2.45, 2.75) is 20.8 Å². The van der Waals surface area contributed by atoms with Gasteiger partial charge in [0.15, 0.2) is 0 Å². The van der Waals surface area contributed by atoms with Gasteiger partial charge in [0.1, 0.15) is 0 Å². The van der Waals surface area contributed by atoms with Gasteiger partial charge in [-0.05, 0) is 45.0 Å². The number of hydrazone groups is 1. The molecular formula is C23H26N4O2S. The summed E-state index contributed by atoms with van der Waals surface area (Å²) in [6.45, 7) is 7.58. The van der Waals surface area contributed by atoms with E-state index in [-0.39, 0.29) is 18.4 Å². The average molecular weight is 423 g/mol. The fourth-order valence-electron chi connectivity index (χ4n) is 3.20. The maximum Gasteiger partial charge on any atom is 0.259 e. The SMILES string of the molecule is CCN(CC)c1cccc(C(=O)NCC(=O)NN=C(C)c2csc3ccccc23)c1. The molecule has 2 aromatic carbocycles. The second-order valence-electron chi connectivity index (χ2n) is 6.78. The topological polar surface area (TPSA) is 73.8 Å². The van der Waals surface area contributed by atoms with E-state index in [0.717, 1.165) is 35.4 Å². The van der Waals surface area contributed by atoms with Crippen LogP contribution in [0.2, 0.25) is 0 Å². The van der Waals surface area contributed by atoms with Gasteiger partial charge in [-0.2, -0.15) is 5.10 Å². The van der Waals surface area contributed by atoms with Gasteiger partial charge in [0.2, 0.25) is 0 Å². The Hall–Kier alpha value is -3.19. The molecule has 0 aliphatic carbocycles. The molecule has 0 bridgehead atoms. The van der Waals surface area contributed by atoms with Crippen molar-refractivity contribution < 1.29 is 9.59 Å². The van der Waals surface area contributed by atoms with Crippen LogP contribution in [-0.2, 0) is 4.79 Å². The van der Waals surface area contributed by atoms with Crippen molar-refractivity contribution in [3.05, 3.63) is 65.0 Å². The predicted molar refractivity (Wildman–Crippen MR) is 125 cm³/mol. The summed E-state index contributed by atoms with van der Waals surface area (Å²) in [6.07, 6.45) is 0. The minimum Gasteiger partial charge on any atom is -0.372 e. The monoisotopic (exact) mass is 422 g/mol. The Labute approximate surface area is 180 Å². The summed E-state index contributed by atoms with van der Waals surface area (Å²) in [5, 5.41) is 9.98. The van der Waals surface area contributed by atoms with E-state index < -0.39 is 0 Å². The molecule has 156 valence electrons. The van der Waals surface area contributed by atoms with Crippen molar-refractivity contribution in [2.75, 3.05) is 24.5 Å². The smallest absolute Gasteiger partial charge is 0.259 e. The first-order chi connectivity index (χ1) is 14.5. The second kappa shape index (κ2) is 10.0. The first kappa shape index (κ1) is 21.5. The van der Waals surface area contributed by atoms with Crippen molar-refractivity contribution >= 4 is 44.6 Å². The number of benzene rings is 2. The number of thiophene rings is 1. The summed E-state index contributed by atoms with van der Waals surface area (Å²) >= 11 is 1.64. The lowest BCUT2D eigenvalue weighted by atomic mass is 10.1. The molecule has 7 heteroatoms. The van der Waals surface area contributed by atoms with Gasteiger partial charge in [0.05, 0.1) is 12.3 Å². The molecule has 30 heavy (non-hydrogen) atoms. The Balaban J connectivity index is 1.57. The number of carbonyl (C=O) groups excluding carboxylic acids is 2. The summed E-state index contributed by atoms with van der Waals surface area (Å²) in [4.78, 5) is 26.7. The maximum atomic E-state index is 12.4. The normalized spacial score (nSPS) is 11.4. The fraction of sp³-hybridized carbons (Fsp3) is 0.261. The summed E-state index contributed by atoms with van der Waals surface area (Å²) in [5.41, 5.74) is 5.75. The van der Waals surface area contributed by atoms with Crippen LogP contribution in [0, 0.1) is 0 Å². The number of amides is 2. The molecule has 0 fully saturated rings. The lowest BCUT2D eigenvalue weighted by Crippen LogP contribution is -2.35. The number of nitrogens with zero attached hydrogens (tertiary/aromatic N) is 2. The number of hydrogen-bond acceptors (Lipinski definition) is 5. The van der Waals surface area contributed by atoms with E-state index in [4.69, 9.17) is 0 Å². The molecule has 0 aliphatic rings. The van der Waals surface area contributed by atoms with Crippen molar-refractivity contribution in [1.82, 2.24) is 10.7 Å². The van der Waals surface area contributed by atoms with Crippen LogP contribution in [-0.4, -0.2) is 37.2 Å². The van der Waals surface area contributed by atoms with Crippen LogP contribution in [0.25, 0.3) is 10.1 Å². The van der Waals surface area contributed by atoms with Crippen LogP contribution in [0.5, 0.6) is 0 Å². The zero-order valence-electron chi connectivity index (χ0n) is 17.4. The Morgan fingerprint density at radius 1 is 1.07 bits per heavy atom. The molecule has 2 amide bonds. The molecule has 0 saturated heterocycles. The zero-order valence-corrected chi connectivity index (χ0v) is 18.3. The molecule has 0 unspecified atom stereocenters. The van der Waals surface area contributed by atoms with Gasteiger partial charge in [-0.25, -0.2) is 5.43 Å². The van der Waals surface area contributed by atoms with E-state index >= 15 is 0 Å². The van der Waals surface area contributed by atoms with E-state index in [1.165, 1.54) is 4.70 Å². The Morgan fingerprint density at radius 3 is 2.60 bits per heavy atom.